The second-order valence-corrected chi connectivity index (χ2v) is 2.93. The highest BCUT2D eigenvalue weighted by Gasteiger charge is 1.97. The molecule has 70 valence electrons. The van der Waals surface area contributed by atoms with Crippen molar-refractivity contribution >= 4 is 0 Å². The molecule has 11 heavy (non-hydrogen) atoms. The third-order valence-corrected chi connectivity index (χ3v) is 0.913. The molecule has 3 N–H and O–H groups in total. The molecule has 1 atom stereocenters. The quantitative estimate of drug-likeness (QED) is 0.565. The molecule has 0 amide bonds. The highest BCUT2D eigenvalue weighted by atomic mass is 16.3. The summed E-state index contributed by atoms with van der Waals surface area (Å²) in [7, 11) is 0. The van der Waals surface area contributed by atoms with Crippen molar-refractivity contribution in [3.8, 4) is 0 Å². The topological polar surface area (TPSA) is 60.7 Å². The van der Waals surface area contributed by atoms with Crippen molar-refractivity contribution in [1.82, 2.24) is 0 Å². The molecule has 0 bridgehead atoms. The average Bonchev–Trinajstić information content (AvgIpc) is 1.85. The van der Waals surface area contributed by atoms with Gasteiger partial charge in [-0.1, -0.05) is 13.8 Å². The Kier molecular flexibility index (Phi) is 12.1. The molecule has 0 heterocycles. The molecule has 0 spiro atoms. The maximum atomic E-state index is 8.72. The van der Waals surface area contributed by atoms with Crippen molar-refractivity contribution in [2.75, 3.05) is 13.2 Å². The van der Waals surface area contributed by atoms with E-state index in [1.54, 1.807) is 0 Å². The maximum absolute atomic E-state index is 8.72. The summed E-state index contributed by atoms with van der Waals surface area (Å²) in [6, 6.07) is 0. The molecule has 0 aliphatic heterocycles. The monoisotopic (exact) mass is 164 g/mol. The van der Waals surface area contributed by atoms with Gasteiger partial charge in [-0.05, 0) is 19.3 Å². The van der Waals surface area contributed by atoms with Gasteiger partial charge in [-0.15, -0.1) is 0 Å². The Morgan fingerprint density at radius 2 is 1.36 bits per heavy atom. The van der Waals surface area contributed by atoms with Crippen molar-refractivity contribution < 1.29 is 15.3 Å². The Labute approximate surface area is 68.7 Å². The van der Waals surface area contributed by atoms with Crippen LogP contribution in [0.4, 0.5) is 0 Å². The van der Waals surface area contributed by atoms with E-state index in [1.807, 2.05) is 6.92 Å². The fourth-order valence-electron chi connectivity index (χ4n) is 0.682. The maximum Gasteiger partial charge on any atom is 0.0662 e. The van der Waals surface area contributed by atoms with E-state index in [1.165, 1.54) is 0 Å². The van der Waals surface area contributed by atoms with Crippen LogP contribution in [0.3, 0.4) is 0 Å². The number of aliphatic hydroxyl groups is 3. The van der Waals surface area contributed by atoms with Crippen LogP contribution >= 0.6 is 0 Å². The third kappa shape index (κ3) is 25.8. The lowest BCUT2D eigenvalue weighted by atomic mass is 10.1. The summed E-state index contributed by atoms with van der Waals surface area (Å²) >= 11 is 0. The molecule has 0 aromatic carbocycles. The van der Waals surface area contributed by atoms with Crippen LogP contribution in [0.5, 0.6) is 0 Å². The van der Waals surface area contributed by atoms with Crippen LogP contribution in [-0.4, -0.2) is 34.6 Å². The summed E-state index contributed by atoms with van der Waals surface area (Å²) in [5, 5.41) is 24.0. The van der Waals surface area contributed by atoms with Crippen molar-refractivity contribution in [3.63, 3.8) is 0 Å². The largest absolute Gasteiger partial charge is 0.394 e. The van der Waals surface area contributed by atoms with Gasteiger partial charge in [-0.2, -0.15) is 0 Å². The van der Waals surface area contributed by atoms with Gasteiger partial charge in [0, 0.05) is 0 Å². The van der Waals surface area contributed by atoms with Crippen LogP contribution in [-0.2, 0) is 0 Å². The minimum absolute atomic E-state index is 0.125. The number of hydrogen-bond acceptors (Lipinski definition) is 3. The summed E-state index contributed by atoms with van der Waals surface area (Å²) in [4.78, 5) is 0. The molecule has 3 heteroatoms. The highest BCUT2D eigenvalue weighted by Crippen LogP contribution is 2.01. The van der Waals surface area contributed by atoms with E-state index >= 15 is 0 Å². The van der Waals surface area contributed by atoms with E-state index in [9.17, 15) is 0 Å². The van der Waals surface area contributed by atoms with E-state index in [2.05, 4.69) is 13.8 Å². The van der Waals surface area contributed by atoms with E-state index < -0.39 is 0 Å². The first-order valence-corrected chi connectivity index (χ1v) is 3.94. The lowest BCUT2D eigenvalue weighted by Crippen LogP contribution is -2.03. The van der Waals surface area contributed by atoms with E-state index in [4.69, 9.17) is 15.3 Å². The van der Waals surface area contributed by atoms with Crippen LogP contribution in [0.1, 0.15) is 27.2 Å². The van der Waals surface area contributed by atoms with Crippen molar-refractivity contribution in [2.45, 2.75) is 33.3 Å². The molecule has 0 aromatic heterocycles. The van der Waals surface area contributed by atoms with Gasteiger partial charge in [0.1, 0.15) is 0 Å². The number of hydrogen-bond donors (Lipinski definition) is 3. The Morgan fingerprint density at radius 1 is 1.00 bits per heavy atom. The number of aliphatic hydroxyl groups excluding tert-OH is 3. The first kappa shape index (κ1) is 13.5. The minimum Gasteiger partial charge on any atom is -0.394 e. The summed E-state index contributed by atoms with van der Waals surface area (Å²) in [6.45, 7) is 5.78. The fourth-order valence-corrected chi connectivity index (χ4v) is 0.682. The molecule has 0 aliphatic rings. The summed E-state index contributed by atoms with van der Waals surface area (Å²) in [5.41, 5.74) is 0. The zero-order chi connectivity index (χ0) is 9.28. The molecule has 0 rings (SSSR count). The Hall–Kier alpha value is -0.120. The van der Waals surface area contributed by atoms with Gasteiger partial charge in [0.25, 0.3) is 0 Å². The molecule has 0 aliphatic carbocycles. The van der Waals surface area contributed by atoms with E-state index in [-0.39, 0.29) is 19.3 Å². The third-order valence-electron chi connectivity index (χ3n) is 0.913. The average molecular weight is 164 g/mol. The second kappa shape index (κ2) is 9.88. The lowest BCUT2D eigenvalue weighted by Gasteiger charge is -2.04. The van der Waals surface area contributed by atoms with E-state index in [0.717, 1.165) is 6.42 Å². The molecular weight excluding hydrogens is 144 g/mol. The first-order valence-electron chi connectivity index (χ1n) is 3.94. The van der Waals surface area contributed by atoms with Crippen molar-refractivity contribution in [2.24, 2.45) is 5.92 Å². The smallest absolute Gasteiger partial charge is 0.0662 e. The van der Waals surface area contributed by atoms with E-state index in [0.29, 0.717) is 5.92 Å². The van der Waals surface area contributed by atoms with Crippen LogP contribution < -0.4 is 0 Å². The zero-order valence-electron chi connectivity index (χ0n) is 7.62. The molecule has 0 aromatic rings. The Bertz CT molecular complexity index is 54.4. The second-order valence-electron chi connectivity index (χ2n) is 2.93. The van der Waals surface area contributed by atoms with Gasteiger partial charge in [-0.25, -0.2) is 0 Å². The molecule has 0 radical (unpaired) electrons. The SMILES string of the molecule is CC(C)CC(C)O.OCCO. The Balaban J connectivity index is 0. The van der Waals surface area contributed by atoms with Gasteiger partial charge in [0.05, 0.1) is 19.3 Å². The van der Waals surface area contributed by atoms with Gasteiger partial charge in [0.15, 0.2) is 0 Å². The zero-order valence-corrected chi connectivity index (χ0v) is 7.62. The van der Waals surface area contributed by atoms with Crippen molar-refractivity contribution in [1.29, 1.82) is 0 Å². The minimum atomic E-state index is -0.125. The van der Waals surface area contributed by atoms with Gasteiger partial charge < -0.3 is 15.3 Å². The normalized spacial score (nSPS) is 12.3. The standard InChI is InChI=1S/C6H14O.C2H6O2/c1-5(2)4-6(3)7;3-1-2-4/h5-7H,4H2,1-3H3;3-4H,1-2H2. The predicted molar refractivity (Wildman–Crippen MR) is 45.3 cm³/mol. The molecule has 0 saturated carbocycles. The van der Waals surface area contributed by atoms with Gasteiger partial charge in [0.2, 0.25) is 0 Å². The fraction of sp³-hybridized carbons (Fsp3) is 1.00. The van der Waals surface area contributed by atoms with Crippen molar-refractivity contribution in [3.05, 3.63) is 0 Å². The van der Waals surface area contributed by atoms with Crippen LogP contribution in [0, 0.1) is 5.92 Å². The molecule has 0 fully saturated rings. The first-order chi connectivity index (χ1) is 5.04. The molecule has 3 nitrogen and oxygen atoms in total. The highest BCUT2D eigenvalue weighted by molar-refractivity contribution is 4.49. The summed E-state index contributed by atoms with van der Waals surface area (Å²) in [6.07, 6.45) is 0.792. The number of rotatable bonds is 3. The molecule has 1 unspecified atom stereocenters. The lowest BCUT2D eigenvalue weighted by molar-refractivity contribution is 0.168. The van der Waals surface area contributed by atoms with Gasteiger partial charge in [-0.3, -0.25) is 0 Å². The van der Waals surface area contributed by atoms with Crippen LogP contribution in [0.2, 0.25) is 0 Å². The van der Waals surface area contributed by atoms with Gasteiger partial charge >= 0.3 is 0 Å². The summed E-state index contributed by atoms with van der Waals surface area (Å²) < 4.78 is 0. The Morgan fingerprint density at radius 3 is 1.36 bits per heavy atom. The molecular formula is C8H20O3. The predicted octanol–water partition coefficient (Wildman–Crippen LogP) is 0.384. The van der Waals surface area contributed by atoms with Crippen LogP contribution in [0.25, 0.3) is 0 Å². The van der Waals surface area contributed by atoms with Crippen LogP contribution in [0.15, 0.2) is 0 Å². The molecule has 0 saturated heterocycles. The summed E-state index contributed by atoms with van der Waals surface area (Å²) in [5.74, 6) is 0.625.